The summed E-state index contributed by atoms with van der Waals surface area (Å²) in [4.78, 5) is 1.43. The summed E-state index contributed by atoms with van der Waals surface area (Å²) in [7, 11) is 0.473. The third-order valence-corrected chi connectivity index (χ3v) is 4.95. The minimum absolute atomic E-state index is 0. The normalized spacial score (nSPS) is 17.4. The van der Waals surface area contributed by atoms with Crippen LogP contribution in [-0.4, -0.2) is 16.6 Å². The molecule has 1 heterocycles. The van der Waals surface area contributed by atoms with E-state index in [4.69, 9.17) is 5.11 Å². The second-order valence-corrected chi connectivity index (χ2v) is 5.73. The maximum atomic E-state index is 9.16. The monoisotopic (exact) mass is 230 g/mol. The Hall–Kier alpha value is -0.340. The molecule has 1 saturated heterocycles. The Morgan fingerprint density at radius 1 is 0.929 bits per heavy atom. The lowest BCUT2D eigenvalue weighted by molar-refractivity contribution is -0.00000372. The smallest absolute Gasteiger partial charge is 0.155 e. The Morgan fingerprint density at radius 2 is 1.50 bits per heavy atom. The van der Waals surface area contributed by atoms with Crippen LogP contribution in [0.2, 0.25) is 0 Å². The lowest BCUT2D eigenvalue weighted by Gasteiger charge is -2.12. The lowest BCUT2D eigenvalue weighted by atomic mass is 10.3. The fourth-order valence-corrected chi connectivity index (χ4v) is 4.01. The standard InChI is InChI=1S/C11H14OS.ClH/c12-10-4-6-11(7-5-10)13-8-2-1-3-9-13;/h4-7H,1-3,8-9H2;1H. The molecule has 78 valence electrons. The van der Waals surface area contributed by atoms with Gasteiger partial charge in [0.25, 0.3) is 0 Å². The second-order valence-electron chi connectivity index (χ2n) is 3.46. The Morgan fingerprint density at radius 3 is 2.07 bits per heavy atom. The van der Waals surface area contributed by atoms with Crippen molar-refractivity contribution in [2.24, 2.45) is 0 Å². The van der Waals surface area contributed by atoms with Gasteiger partial charge >= 0.3 is 0 Å². The molecule has 0 bridgehead atoms. The Bertz CT molecular complexity index is 267. The van der Waals surface area contributed by atoms with Crippen LogP contribution in [-0.2, 0) is 10.9 Å². The highest BCUT2D eigenvalue weighted by atomic mass is 35.5. The van der Waals surface area contributed by atoms with Crippen LogP contribution in [0.3, 0.4) is 0 Å². The highest BCUT2D eigenvalue weighted by Gasteiger charge is 2.24. The highest BCUT2D eigenvalue weighted by molar-refractivity contribution is 7.96. The fourth-order valence-electron chi connectivity index (χ4n) is 1.71. The zero-order valence-corrected chi connectivity index (χ0v) is 9.65. The van der Waals surface area contributed by atoms with Crippen LogP contribution in [0.4, 0.5) is 0 Å². The van der Waals surface area contributed by atoms with Crippen LogP contribution in [0.5, 0.6) is 5.75 Å². The van der Waals surface area contributed by atoms with Gasteiger partial charge in [-0.1, -0.05) is 0 Å². The minimum Gasteiger partial charge on any atom is -1.00 e. The van der Waals surface area contributed by atoms with Crippen LogP contribution in [0.1, 0.15) is 19.3 Å². The molecule has 1 aromatic carbocycles. The van der Waals surface area contributed by atoms with Crippen molar-refractivity contribution in [2.75, 3.05) is 11.5 Å². The Labute approximate surface area is 94.3 Å². The molecule has 0 saturated carbocycles. The zero-order valence-electron chi connectivity index (χ0n) is 8.08. The quantitative estimate of drug-likeness (QED) is 0.649. The van der Waals surface area contributed by atoms with Crippen molar-refractivity contribution in [3.05, 3.63) is 24.3 Å². The van der Waals surface area contributed by atoms with Crippen molar-refractivity contribution in [1.29, 1.82) is 0 Å². The maximum absolute atomic E-state index is 9.16. The molecule has 3 heteroatoms. The minimum atomic E-state index is 0. The average Bonchev–Trinajstić information content (AvgIpc) is 2.20. The number of hydrogen-bond donors (Lipinski definition) is 1. The van der Waals surface area contributed by atoms with Crippen LogP contribution in [0, 0.1) is 0 Å². The summed E-state index contributed by atoms with van der Waals surface area (Å²) in [6.07, 6.45) is 4.16. The average molecular weight is 231 g/mol. The van der Waals surface area contributed by atoms with Crippen molar-refractivity contribution < 1.29 is 17.5 Å². The van der Waals surface area contributed by atoms with E-state index in [2.05, 4.69) is 12.1 Å². The van der Waals surface area contributed by atoms with E-state index in [0.717, 1.165) is 0 Å². The van der Waals surface area contributed by atoms with Gasteiger partial charge < -0.3 is 17.5 Å². The predicted molar refractivity (Wildman–Crippen MR) is 57.3 cm³/mol. The summed E-state index contributed by atoms with van der Waals surface area (Å²) < 4.78 is 0. The predicted octanol–water partition coefficient (Wildman–Crippen LogP) is -0.443. The molecule has 1 nitrogen and oxygen atoms in total. The van der Waals surface area contributed by atoms with E-state index in [1.165, 1.54) is 35.7 Å². The molecule has 0 atom stereocenters. The largest absolute Gasteiger partial charge is 1.00 e. The van der Waals surface area contributed by atoms with Gasteiger partial charge in [-0.2, -0.15) is 0 Å². The molecule has 0 unspecified atom stereocenters. The topological polar surface area (TPSA) is 20.2 Å². The van der Waals surface area contributed by atoms with Crippen molar-refractivity contribution >= 4 is 10.9 Å². The molecule has 1 N–H and O–H groups in total. The molecule has 0 aliphatic carbocycles. The van der Waals surface area contributed by atoms with Crippen molar-refractivity contribution in [3.8, 4) is 5.75 Å². The van der Waals surface area contributed by atoms with Gasteiger partial charge in [-0.3, -0.25) is 0 Å². The highest BCUT2D eigenvalue weighted by Crippen LogP contribution is 2.23. The first-order valence-electron chi connectivity index (χ1n) is 4.83. The first kappa shape index (κ1) is 11.7. The molecule has 1 aliphatic heterocycles. The molecule has 1 aromatic rings. The summed E-state index contributed by atoms with van der Waals surface area (Å²) >= 11 is 0. The summed E-state index contributed by atoms with van der Waals surface area (Å²) in [6, 6.07) is 7.75. The third-order valence-electron chi connectivity index (χ3n) is 2.45. The zero-order chi connectivity index (χ0) is 9.10. The van der Waals surface area contributed by atoms with E-state index in [9.17, 15) is 0 Å². The van der Waals surface area contributed by atoms with Crippen molar-refractivity contribution in [1.82, 2.24) is 0 Å². The van der Waals surface area contributed by atoms with Crippen molar-refractivity contribution in [2.45, 2.75) is 24.2 Å². The van der Waals surface area contributed by atoms with Gasteiger partial charge in [-0.25, -0.2) is 0 Å². The van der Waals surface area contributed by atoms with Gasteiger partial charge in [-0.05, 0) is 43.5 Å². The van der Waals surface area contributed by atoms with E-state index in [1.54, 1.807) is 12.1 Å². The van der Waals surface area contributed by atoms with Gasteiger partial charge in [-0.15, -0.1) is 0 Å². The number of hydrogen-bond acceptors (Lipinski definition) is 1. The van der Waals surface area contributed by atoms with Gasteiger partial charge in [0, 0.05) is 10.9 Å². The number of benzene rings is 1. The first-order chi connectivity index (χ1) is 6.36. The number of aromatic hydroxyl groups is 1. The van der Waals surface area contributed by atoms with E-state index in [0.29, 0.717) is 16.6 Å². The lowest BCUT2D eigenvalue weighted by Crippen LogP contribution is -3.00. The number of phenols is 1. The molecule has 14 heavy (non-hydrogen) atoms. The Kier molecular flexibility index (Phi) is 4.63. The molecular weight excluding hydrogens is 216 g/mol. The molecule has 2 rings (SSSR count). The Balaban J connectivity index is 0.000000980. The summed E-state index contributed by atoms with van der Waals surface area (Å²) in [5.41, 5.74) is 0. The fraction of sp³-hybridized carbons (Fsp3) is 0.455. The molecule has 1 fully saturated rings. The van der Waals surface area contributed by atoms with E-state index < -0.39 is 0 Å². The number of phenolic OH excluding ortho intramolecular Hbond substituents is 1. The van der Waals surface area contributed by atoms with Crippen LogP contribution < -0.4 is 12.4 Å². The third kappa shape index (κ3) is 2.82. The van der Waals surface area contributed by atoms with Crippen LogP contribution in [0.15, 0.2) is 29.2 Å². The van der Waals surface area contributed by atoms with Crippen LogP contribution in [0.25, 0.3) is 0 Å². The van der Waals surface area contributed by atoms with E-state index in [1.807, 2.05) is 0 Å². The van der Waals surface area contributed by atoms with E-state index in [-0.39, 0.29) is 12.4 Å². The summed E-state index contributed by atoms with van der Waals surface area (Å²) in [5, 5.41) is 9.16. The summed E-state index contributed by atoms with van der Waals surface area (Å²) in [5.74, 6) is 3.08. The van der Waals surface area contributed by atoms with Crippen LogP contribution >= 0.6 is 0 Å². The molecule has 1 aliphatic rings. The van der Waals surface area contributed by atoms with Gasteiger partial charge in [0.15, 0.2) is 4.90 Å². The molecular formula is C11H15ClOS. The molecule has 0 aromatic heterocycles. The van der Waals surface area contributed by atoms with Gasteiger partial charge in [0.2, 0.25) is 0 Å². The van der Waals surface area contributed by atoms with Crippen molar-refractivity contribution in [3.63, 3.8) is 0 Å². The summed E-state index contributed by atoms with van der Waals surface area (Å²) in [6.45, 7) is 0. The van der Waals surface area contributed by atoms with E-state index >= 15 is 0 Å². The molecule has 0 spiro atoms. The number of halogens is 1. The second kappa shape index (κ2) is 5.52. The maximum Gasteiger partial charge on any atom is 0.155 e. The number of rotatable bonds is 1. The first-order valence-corrected chi connectivity index (χ1v) is 6.39. The molecule has 0 amide bonds. The SMILES string of the molecule is Oc1ccc([S+]2CCCCC2)cc1.[Cl-]. The molecule has 0 radical (unpaired) electrons. The van der Waals surface area contributed by atoms with Gasteiger partial charge in [0.05, 0.1) is 0 Å². The van der Waals surface area contributed by atoms with Gasteiger partial charge in [0.1, 0.15) is 17.3 Å².